The Morgan fingerprint density at radius 2 is 0.582 bits per heavy atom. The molecule has 1 aromatic heterocycles. The molecule has 258 valence electrons. The molecule has 0 bridgehead atoms. The lowest BCUT2D eigenvalue weighted by molar-refractivity contribution is 1.07. The lowest BCUT2D eigenvalue weighted by Crippen LogP contribution is -2.00. The van der Waals surface area contributed by atoms with Crippen LogP contribution in [0.25, 0.3) is 89.8 Å². The Balaban J connectivity index is 1.10. The largest absolute Gasteiger partial charge is 0.208 e. The van der Waals surface area contributed by atoms with E-state index in [0.29, 0.717) is 17.5 Å². The van der Waals surface area contributed by atoms with Crippen molar-refractivity contribution in [3.8, 4) is 89.8 Å². The van der Waals surface area contributed by atoms with Crippen molar-refractivity contribution >= 4 is 0 Å². The van der Waals surface area contributed by atoms with E-state index in [0.717, 1.165) is 39.8 Å². The van der Waals surface area contributed by atoms with Gasteiger partial charge in [-0.2, -0.15) is 0 Å². The number of nitrogens with zero attached hydrogens (tertiary/aromatic N) is 3. The van der Waals surface area contributed by atoms with E-state index in [4.69, 9.17) is 15.0 Å². The maximum absolute atomic E-state index is 5.12. The van der Waals surface area contributed by atoms with Crippen LogP contribution in [0.4, 0.5) is 0 Å². The number of benzene rings is 8. The third-order valence-corrected chi connectivity index (χ3v) is 10.6. The molecule has 0 amide bonds. The summed E-state index contributed by atoms with van der Waals surface area (Å²) >= 11 is 0. The molecule has 1 heterocycles. The molecular weight excluding hydrogens is 667 g/mol. The molecule has 3 heteroatoms. The summed E-state index contributed by atoms with van der Waals surface area (Å²) in [5.74, 6) is 1.94. The van der Waals surface area contributed by atoms with E-state index in [1.54, 1.807) is 0 Å². The van der Waals surface area contributed by atoms with Gasteiger partial charge in [0.15, 0.2) is 17.5 Å². The zero-order valence-corrected chi connectivity index (χ0v) is 30.1. The van der Waals surface area contributed by atoms with Crippen LogP contribution < -0.4 is 0 Å². The standard InChI is InChI=1S/C52H35N3/c1-5-15-35(16-6-1)37-27-29-38(30-28-37)44-23-13-25-46-47-26-14-24-45(49(47)34-48(44)46)42-31-41(36-17-7-2-8-18-36)32-43(33-42)52-54-50(39-19-9-3-10-20-39)53-51(55-52)40-21-11-4-12-22-40/h1-33H,34H2. The molecule has 0 saturated heterocycles. The van der Waals surface area contributed by atoms with Gasteiger partial charge < -0.3 is 0 Å². The first-order valence-corrected chi connectivity index (χ1v) is 18.7. The van der Waals surface area contributed by atoms with Crippen LogP contribution in [0.2, 0.25) is 0 Å². The second kappa shape index (κ2) is 14.0. The highest BCUT2D eigenvalue weighted by Gasteiger charge is 2.25. The van der Waals surface area contributed by atoms with E-state index in [-0.39, 0.29) is 0 Å². The van der Waals surface area contributed by atoms with Crippen LogP contribution >= 0.6 is 0 Å². The van der Waals surface area contributed by atoms with Gasteiger partial charge >= 0.3 is 0 Å². The molecule has 0 unspecified atom stereocenters. The number of hydrogen-bond acceptors (Lipinski definition) is 3. The summed E-state index contributed by atoms with van der Waals surface area (Å²) in [6, 6.07) is 70.8. The summed E-state index contributed by atoms with van der Waals surface area (Å²) < 4.78 is 0. The predicted molar refractivity (Wildman–Crippen MR) is 226 cm³/mol. The first-order chi connectivity index (χ1) is 27.2. The van der Waals surface area contributed by atoms with Gasteiger partial charge in [-0.15, -0.1) is 0 Å². The average molecular weight is 702 g/mol. The molecule has 1 aliphatic rings. The Morgan fingerprint density at radius 3 is 1.09 bits per heavy atom. The van der Waals surface area contributed by atoms with Gasteiger partial charge in [0.05, 0.1) is 0 Å². The van der Waals surface area contributed by atoms with Crippen molar-refractivity contribution < 1.29 is 0 Å². The fourth-order valence-electron chi connectivity index (χ4n) is 7.90. The zero-order valence-electron chi connectivity index (χ0n) is 30.1. The zero-order chi connectivity index (χ0) is 36.6. The average Bonchev–Trinajstić information content (AvgIpc) is 3.67. The summed E-state index contributed by atoms with van der Waals surface area (Å²) in [6.45, 7) is 0. The summed E-state index contributed by atoms with van der Waals surface area (Å²) in [5, 5.41) is 0. The molecule has 3 nitrogen and oxygen atoms in total. The fraction of sp³-hybridized carbons (Fsp3) is 0.0192. The van der Waals surface area contributed by atoms with Crippen LogP contribution in [0, 0.1) is 0 Å². The van der Waals surface area contributed by atoms with E-state index in [1.807, 2.05) is 36.4 Å². The highest BCUT2D eigenvalue weighted by atomic mass is 15.0. The Labute approximate surface area is 321 Å². The SMILES string of the molecule is c1ccc(-c2ccc(-c3cccc4c3Cc3c(-c5cc(-c6ccccc6)cc(-c6nc(-c7ccccc7)nc(-c7ccccc7)n6)c5)cccc3-4)cc2)cc1. The van der Waals surface area contributed by atoms with E-state index in [1.165, 1.54) is 50.1 Å². The quantitative estimate of drug-likeness (QED) is 0.166. The second-order valence-electron chi connectivity index (χ2n) is 14.0. The molecule has 9 aromatic rings. The van der Waals surface area contributed by atoms with E-state index in [2.05, 4.69) is 164 Å². The van der Waals surface area contributed by atoms with Gasteiger partial charge in [0.2, 0.25) is 0 Å². The van der Waals surface area contributed by atoms with Gasteiger partial charge in [0.1, 0.15) is 0 Å². The molecule has 0 spiro atoms. The lowest BCUT2D eigenvalue weighted by atomic mass is 9.91. The van der Waals surface area contributed by atoms with Gasteiger partial charge in [-0.1, -0.05) is 182 Å². The summed E-state index contributed by atoms with van der Waals surface area (Å²) in [5.41, 5.74) is 17.7. The van der Waals surface area contributed by atoms with Crippen molar-refractivity contribution in [1.82, 2.24) is 15.0 Å². The van der Waals surface area contributed by atoms with Crippen molar-refractivity contribution in [2.75, 3.05) is 0 Å². The van der Waals surface area contributed by atoms with E-state index in [9.17, 15) is 0 Å². The molecule has 0 saturated carbocycles. The van der Waals surface area contributed by atoms with Crippen LogP contribution in [0.15, 0.2) is 200 Å². The van der Waals surface area contributed by atoms with E-state index >= 15 is 0 Å². The molecule has 0 radical (unpaired) electrons. The molecule has 10 rings (SSSR count). The fourth-order valence-corrected chi connectivity index (χ4v) is 7.90. The van der Waals surface area contributed by atoms with Crippen molar-refractivity contribution in [3.05, 3.63) is 211 Å². The van der Waals surface area contributed by atoms with Crippen LogP contribution in [0.3, 0.4) is 0 Å². The summed E-state index contributed by atoms with van der Waals surface area (Å²) in [4.78, 5) is 15.2. The lowest BCUT2D eigenvalue weighted by Gasteiger charge is -2.14. The molecule has 0 aliphatic heterocycles. The maximum Gasteiger partial charge on any atom is 0.164 e. The maximum atomic E-state index is 5.12. The molecule has 1 aliphatic carbocycles. The monoisotopic (exact) mass is 701 g/mol. The minimum absolute atomic E-state index is 0.642. The highest BCUT2D eigenvalue weighted by molar-refractivity contribution is 5.91. The van der Waals surface area contributed by atoms with Crippen molar-refractivity contribution in [2.24, 2.45) is 0 Å². The molecule has 8 aromatic carbocycles. The number of aromatic nitrogens is 3. The second-order valence-corrected chi connectivity index (χ2v) is 14.0. The summed E-state index contributed by atoms with van der Waals surface area (Å²) in [7, 11) is 0. The van der Waals surface area contributed by atoms with Crippen molar-refractivity contribution in [1.29, 1.82) is 0 Å². The Morgan fingerprint density at radius 1 is 0.236 bits per heavy atom. The Bertz CT molecular complexity index is 2740. The van der Waals surface area contributed by atoms with Crippen LogP contribution in [0.5, 0.6) is 0 Å². The number of hydrogen-bond donors (Lipinski definition) is 0. The van der Waals surface area contributed by atoms with Gasteiger partial charge in [0, 0.05) is 16.7 Å². The molecule has 0 atom stereocenters. The summed E-state index contributed by atoms with van der Waals surface area (Å²) in [6.07, 6.45) is 0.852. The van der Waals surface area contributed by atoms with Crippen molar-refractivity contribution in [3.63, 3.8) is 0 Å². The van der Waals surface area contributed by atoms with Crippen molar-refractivity contribution in [2.45, 2.75) is 6.42 Å². The first-order valence-electron chi connectivity index (χ1n) is 18.7. The molecule has 55 heavy (non-hydrogen) atoms. The topological polar surface area (TPSA) is 38.7 Å². The number of rotatable bonds is 7. The first kappa shape index (κ1) is 32.4. The minimum Gasteiger partial charge on any atom is -0.208 e. The smallest absolute Gasteiger partial charge is 0.164 e. The minimum atomic E-state index is 0.642. The van der Waals surface area contributed by atoms with Gasteiger partial charge in [-0.25, -0.2) is 15.0 Å². The molecule has 0 N–H and O–H groups in total. The van der Waals surface area contributed by atoms with Crippen LogP contribution in [-0.4, -0.2) is 15.0 Å². The third kappa shape index (κ3) is 6.22. The normalized spacial score (nSPS) is 11.6. The highest BCUT2D eigenvalue weighted by Crippen LogP contribution is 2.46. The Kier molecular flexibility index (Phi) is 8.23. The Hall–Kier alpha value is -7.23. The van der Waals surface area contributed by atoms with Gasteiger partial charge in [0.25, 0.3) is 0 Å². The predicted octanol–water partition coefficient (Wildman–Crippen LogP) is 13.1. The van der Waals surface area contributed by atoms with Crippen LogP contribution in [0.1, 0.15) is 11.1 Å². The van der Waals surface area contributed by atoms with E-state index < -0.39 is 0 Å². The third-order valence-electron chi connectivity index (χ3n) is 10.6. The number of fused-ring (bicyclic) bond motifs is 3. The van der Waals surface area contributed by atoms with Gasteiger partial charge in [-0.05, 0) is 91.4 Å². The van der Waals surface area contributed by atoms with Gasteiger partial charge in [-0.3, -0.25) is 0 Å². The molecule has 0 fully saturated rings. The van der Waals surface area contributed by atoms with Crippen LogP contribution in [-0.2, 0) is 6.42 Å². The molecular formula is C52H35N3.